The van der Waals surface area contributed by atoms with Gasteiger partial charge in [-0.05, 0) is 12.3 Å². The lowest BCUT2D eigenvalue weighted by Gasteiger charge is -2.28. The third-order valence-corrected chi connectivity index (χ3v) is 2.25. The number of hydrogen-bond acceptors (Lipinski definition) is 1. The van der Waals surface area contributed by atoms with Crippen molar-refractivity contribution in [2.45, 2.75) is 38.3 Å². The van der Waals surface area contributed by atoms with Gasteiger partial charge in [0, 0.05) is 6.04 Å². The summed E-state index contributed by atoms with van der Waals surface area (Å²) in [4.78, 5) is 11.0. The Bertz CT molecular complexity index is 195. The van der Waals surface area contributed by atoms with Gasteiger partial charge in [-0.1, -0.05) is 44.0 Å². The van der Waals surface area contributed by atoms with Crippen LogP contribution in [0.5, 0.6) is 0 Å². The Morgan fingerprint density at radius 2 is 1.77 bits per heavy atom. The van der Waals surface area contributed by atoms with Crippen LogP contribution in [0, 0.1) is 5.41 Å². The number of amides is 1. The van der Waals surface area contributed by atoms with Gasteiger partial charge in [0.15, 0.2) is 0 Å². The lowest BCUT2D eigenvalue weighted by atomic mass is 9.88. The Kier molecular flexibility index (Phi) is 4.00. The molecule has 78 valence electrons. The first-order valence-corrected chi connectivity index (χ1v) is 4.68. The van der Waals surface area contributed by atoms with Crippen LogP contribution in [0.15, 0.2) is 0 Å². The van der Waals surface area contributed by atoms with E-state index in [2.05, 4.69) is 5.32 Å². The van der Waals surface area contributed by atoms with Crippen molar-refractivity contribution in [2.75, 3.05) is 0 Å². The number of hydrogen-bond donors (Lipinski definition) is 1. The van der Waals surface area contributed by atoms with Gasteiger partial charge in [0.1, 0.15) is 0 Å². The summed E-state index contributed by atoms with van der Waals surface area (Å²) in [6.07, 6.45) is 0. The van der Waals surface area contributed by atoms with Crippen LogP contribution in [0.3, 0.4) is 0 Å². The maximum Gasteiger partial charge on any atom is 0.335 e. The van der Waals surface area contributed by atoms with Crippen molar-refractivity contribution in [3.8, 4) is 0 Å². The average Bonchev–Trinajstić information content (AvgIpc) is 1.82. The molecule has 0 heterocycles. The molecule has 0 aromatic heterocycles. The molecule has 1 unspecified atom stereocenters. The molecule has 0 aromatic rings. The summed E-state index contributed by atoms with van der Waals surface area (Å²) >= 11 is 9.93. The molecule has 0 saturated carbocycles. The normalized spacial score (nSPS) is 15.3. The topological polar surface area (TPSA) is 29.1 Å². The molecule has 1 amide bonds. The maximum absolute atomic E-state index is 12.6. The van der Waals surface area contributed by atoms with Crippen LogP contribution in [0.4, 0.5) is 4.39 Å². The minimum Gasteiger partial charge on any atom is -0.348 e. The van der Waals surface area contributed by atoms with E-state index in [1.54, 1.807) is 6.92 Å². The van der Waals surface area contributed by atoms with E-state index in [1.807, 2.05) is 20.8 Å². The summed E-state index contributed by atoms with van der Waals surface area (Å²) in [6.45, 7) is 7.51. The number of rotatable bonds is 2. The minimum absolute atomic E-state index is 0.158. The Hall–Kier alpha value is -0.0200. The highest BCUT2D eigenvalue weighted by atomic mass is 35.5. The molecule has 0 bridgehead atoms. The molecule has 0 spiro atoms. The summed E-state index contributed by atoms with van der Waals surface area (Å²) in [5.41, 5.74) is -0.158. The molecule has 2 nitrogen and oxygen atoms in total. The Morgan fingerprint density at radius 3 is 2.00 bits per heavy atom. The van der Waals surface area contributed by atoms with Gasteiger partial charge in [0.05, 0.1) is 0 Å². The van der Waals surface area contributed by atoms with Gasteiger partial charge in [-0.25, -0.2) is 0 Å². The van der Waals surface area contributed by atoms with E-state index in [0.29, 0.717) is 0 Å². The highest BCUT2D eigenvalue weighted by molar-refractivity contribution is 6.56. The predicted molar refractivity (Wildman–Crippen MR) is 52.6 cm³/mol. The zero-order valence-corrected chi connectivity index (χ0v) is 9.63. The number of carbonyl (C=O) groups excluding carboxylic acids is 1. The summed E-state index contributed by atoms with van der Waals surface area (Å²) in [6, 6.07) is -0.201. The molecule has 1 atom stereocenters. The van der Waals surface area contributed by atoms with Crippen molar-refractivity contribution in [3.63, 3.8) is 0 Å². The van der Waals surface area contributed by atoms with Crippen LogP contribution in [0.25, 0.3) is 0 Å². The van der Waals surface area contributed by atoms with Crippen LogP contribution in [-0.2, 0) is 4.79 Å². The van der Waals surface area contributed by atoms with E-state index < -0.39 is 10.5 Å². The molecule has 0 fully saturated rings. The quantitative estimate of drug-likeness (QED) is 0.726. The van der Waals surface area contributed by atoms with E-state index in [-0.39, 0.29) is 11.5 Å². The lowest BCUT2D eigenvalue weighted by Crippen LogP contribution is -2.46. The molecule has 0 aliphatic heterocycles. The first-order chi connectivity index (χ1) is 5.55. The second kappa shape index (κ2) is 4.01. The van der Waals surface area contributed by atoms with Crippen molar-refractivity contribution < 1.29 is 9.18 Å². The number of halogens is 3. The molecule has 0 rings (SSSR count). The third kappa shape index (κ3) is 4.67. The fourth-order valence-electron chi connectivity index (χ4n) is 0.495. The first kappa shape index (κ1) is 13.0. The fourth-order valence-corrected chi connectivity index (χ4v) is 0.604. The van der Waals surface area contributed by atoms with Crippen molar-refractivity contribution in [1.82, 2.24) is 5.32 Å². The van der Waals surface area contributed by atoms with Crippen molar-refractivity contribution in [2.24, 2.45) is 5.41 Å². The van der Waals surface area contributed by atoms with Gasteiger partial charge in [-0.15, -0.1) is 0 Å². The second-order valence-electron chi connectivity index (χ2n) is 4.06. The summed E-state index contributed by atoms with van der Waals surface area (Å²) in [5.74, 6) is -1.02. The van der Waals surface area contributed by atoms with Gasteiger partial charge in [-0.2, -0.15) is 4.39 Å². The molecule has 0 aliphatic rings. The van der Waals surface area contributed by atoms with E-state index in [9.17, 15) is 9.18 Å². The van der Waals surface area contributed by atoms with Crippen LogP contribution >= 0.6 is 23.2 Å². The number of alkyl halides is 3. The molecule has 5 heteroatoms. The predicted octanol–water partition coefficient (Wildman–Crippen LogP) is 2.64. The van der Waals surface area contributed by atoms with Crippen LogP contribution < -0.4 is 5.32 Å². The summed E-state index contributed by atoms with van der Waals surface area (Å²) in [7, 11) is 0. The van der Waals surface area contributed by atoms with Gasteiger partial charge in [0.25, 0.3) is 5.91 Å². The van der Waals surface area contributed by atoms with Gasteiger partial charge in [0.2, 0.25) is 0 Å². The van der Waals surface area contributed by atoms with Gasteiger partial charge >= 0.3 is 4.59 Å². The molecule has 13 heavy (non-hydrogen) atoms. The smallest absolute Gasteiger partial charge is 0.335 e. The fraction of sp³-hybridized carbons (Fsp3) is 0.875. The first-order valence-electron chi connectivity index (χ1n) is 3.93. The standard InChI is InChI=1S/C8H14Cl2FNO/c1-5(7(2,3)4)12-6(13)8(9,10)11/h5H,1-4H3,(H,12,13). The van der Waals surface area contributed by atoms with Crippen LogP contribution in [-0.4, -0.2) is 16.5 Å². The zero-order chi connectivity index (χ0) is 10.9. The van der Waals surface area contributed by atoms with Crippen LogP contribution in [0.1, 0.15) is 27.7 Å². The largest absolute Gasteiger partial charge is 0.348 e. The zero-order valence-electron chi connectivity index (χ0n) is 8.12. The molecular formula is C8H14Cl2FNO. The van der Waals surface area contributed by atoms with Gasteiger partial charge < -0.3 is 5.32 Å². The van der Waals surface area contributed by atoms with E-state index in [4.69, 9.17) is 23.2 Å². The van der Waals surface area contributed by atoms with E-state index in [1.165, 1.54) is 0 Å². The Morgan fingerprint density at radius 1 is 1.38 bits per heavy atom. The highest BCUT2D eigenvalue weighted by Crippen LogP contribution is 2.25. The molecule has 0 saturated heterocycles. The monoisotopic (exact) mass is 229 g/mol. The Balaban J connectivity index is 4.24. The molecule has 1 N–H and O–H groups in total. The third-order valence-electron chi connectivity index (χ3n) is 1.90. The molecule has 0 aromatic carbocycles. The lowest BCUT2D eigenvalue weighted by molar-refractivity contribution is -0.126. The number of nitrogens with one attached hydrogen (secondary N) is 1. The Labute approximate surface area is 87.8 Å². The maximum atomic E-state index is 12.6. The highest BCUT2D eigenvalue weighted by Gasteiger charge is 2.35. The van der Waals surface area contributed by atoms with E-state index >= 15 is 0 Å². The average molecular weight is 230 g/mol. The SMILES string of the molecule is CC(NC(=O)C(F)(Cl)Cl)C(C)(C)C. The molecule has 0 aliphatic carbocycles. The second-order valence-corrected chi connectivity index (χ2v) is 5.29. The molecule has 0 radical (unpaired) electrons. The minimum atomic E-state index is -2.85. The van der Waals surface area contributed by atoms with Crippen molar-refractivity contribution >= 4 is 29.1 Å². The summed E-state index contributed by atoms with van der Waals surface area (Å²) < 4.78 is 9.80. The van der Waals surface area contributed by atoms with Crippen molar-refractivity contribution in [3.05, 3.63) is 0 Å². The van der Waals surface area contributed by atoms with Crippen molar-refractivity contribution in [1.29, 1.82) is 0 Å². The summed E-state index contributed by atoms with van der Waals surface area (Å²) in [5, 5.41) is 2.38. The molecular weight excluding hydrogens is 216 g/mol. The number of carbonyl (C=O) groups is 1. The van der Waals surface area contributed by atoms with Gasteiger partial charge in [-0.3, -0.25) is 4.79 Å². The van der Waals surface area contributed by atoms with E-state index in [0.717, 1.165) is 0 Å². The van der Waals surface area contributed by atoms with Crippen LogP contribution in [0.2, 0.25) is 0 Å².